The molecule has 0 aromatic heterocycles. The fourth-order valence-electron chi connectivity index (χ4n) is 1.27. The molecule has 2 heteroatoms. The Balaban J connectivity index is -0.000000478. The van der Waals surface area contributed by atoms with E-state index in [1.807, 2.05) is 60.6 Å². The molecule has 0 bridgehead atoms. The van der Waals surface area contributed by atoms with Gasteiger partial charge in [0.2, 0.25) is 0 Å². The molecule has 0 atom stereocenters. The Kier molecular flexibility index (Phi) is 24.5. The van der Waals surface area contributed by atoms with E-state index < -0.39 is 0 Å². The Morgan fingerprint density at radius 3 is 2.14 bits per heavy atom. The molecule has 1 aliphatic rings. The average Bonchev–Trinajstić information content (AvgIpc) is 2.61. The highest BCUT2D eigenvalue weighted by Crippen LogP contribution is 2.17. The lowest BCUT2D eigenvalue weighted by Crippen LogP contribution is -1.93. The lowest BCUT2D eigenvalue weighted by atomic mass is 10.1. The molecule has 0 saturated carbocycles. The lowest BCUT2D eigenvalue weighted by Gasteiger charge is -2.05. The molecule has 0 heterocycles. The van der Waals surface area contributed by atoms with E-state index in [-0.39, 0.29) is 6.61 Å². The van der Waals surface area contributed by atoms with Crippen molar-refractivity contribution in [1.29, 1.82) is 0 Å². The molecule has 0 aromatic carbocycles. The van der Waals surface area contributed by atoms with Gasteiger partial charge in [0.15, 0.2) is 0 Å². The van der Waals surface area contributed by atoms with Crippen molar-refractivity contribution in [2.45, 2.75) is 61.3 Å². The summed E-state index contributed by atoms with van der Waals surface area (Å²) in [4.78, 5) is 4.22. The Morgan fingerprint density at radius 1 is 1.19 bits per heavy atom. The fourth-order valence-corrected chi connectivity index (χ4v) is 1.27. The standard InChI is InChI=1S/C13H17NO.3C2H6/c1-3-12(10-15)9-14-11(2)13-7-5-4-6-8-13;3*1-2/h3,5,7-9,15H,2,4,6,10H2,1H3;3*1-2H3/b12-3+,14-9?;;;. The van der Waals surface area contributed by atoms with E-state index in [1.165, 1.54) is 0 Å². The number of hydrogen-bond acceptors (Lipinski definition) is 2. The van der Waals surface area contributed by atoms with E-state index in [9.17, 15) is 0 Å². The maximum Gasteiger partial charge on any atom is 0.0693 e. The van der Waals surface area contributed by atoms with Crippen molar-refractivity contribution >= 4 is 6.21 Å². The van der Waals surface area contributed by atoms with Gasteiger partial charge in [0.25, 0.3) is 0 Å². The first kappa shape index (κ1) is 24.6. The molecule has 0 spiro atoms. The van der Waals surface area contributed by atoms with Gasteiger partial charge < -0.3 is 5.11 Å². The normalized spacial score (nSPS) is 13.0. The number of allylic oxidation sites excluding steroid dienone is 4. The van der Waals surface area contributed by atoms with Gasteiger partial charge in [-0.15, -0.1) is 0 Å². The Hall–Kier alpha value is -1.41. The first-order valence-corrected chi connectivity index (χ1v) is 8.14. The molecule has 0 radical (unpaired) electrons. The summed E-state index contributed by atoms with van der Waals surface area (Å²) in [6.45, 7) is 17.8. The Bertz CT molecular complexity index is 347. The van der Waals surface area contributed by atoms with Gasteiger partial charge >= 0.3 is 0 Å². The zero-order chi connectivity index (χ0) is 17.1. The molecule has 0 aliphatic heterocycles. The molecule has 2 nitrogen and oxygen atoms in total. The zero-order valence-electron chi connectivity index (χ0n) is 15.1. The molecule has 0 aromatic rings. The van der Waals surface area contributed by atoms with E-state index >= 15 is 0 Å². The highest BCUT2D eigenvalue weighted by Gasteiger charge is 2.00. The number of hydrogen-bond donors (Lipinski definition) is 1. The minimum Gasteiger partial charge on any atom is -0.392 e. The molecule has 0 unspecified atom stereocenters. The molecule has 0 amide bonds. The van der Waals surface area contributed by atoms with Gasteiger partial charge in [-0.25, -0.2) is 0 Å². The van der Waals surface area contributed by atoms with Crippen LogP contribution in [0.3, 0.4) is 0 Å². The van der Waals surface area contributed by atoms with Gasteiger partial charge in [-0.1, -0.05) is 72.4 Å². The van der Waals surface area contributed by atoms with Gasteiger partial charge in [-0.2, -0.15) is 0 Å². The van der Waals surface area contributed by atoms with Crippen LogP contribution in [0, 0.1) is 0 Å². The van der Waals surface area contributed by atoms with Gasteiger partial charge in [0, 0.05) is 6.21 Å². The maximum atomic E-state index is 8.93. The third-order valence-corrected chi connectivity index (χ3v) is 2.27. The van der Waals surface area contributed by atoms with Crippen molar-refractivity contribution in [1.82, 2.24) is 0 Å². The summed E-state index contributed by atoms with van der Waals surface area (Å²) in [5, 5.41) is 8.93. The summed E-state index contributed by atoms with van der Waals surface area (Å²) >= 11 is 0. The molecule has 0 fully saturated rings. The highest BCUT2D eigenvalue weighted by molar-refractivity contribution is 5.80. The summed E-state index contributed by atoms with van der Waals surface area (Å²) in [6, 6.07) is 0. The second-order valence-electron chi connectivity index (χ2n) is 3.37. The van der Waals surface area contributed by atoms with Crippen LogP contribution in [-0.4, -0.2) is 17.9 Å². The van der Waals surface area contributed by atoms with Gasteiger partial charge in [0.05, 0.1) is 12.3 Å². The predicted octanol–water partition coefficient (Wildman–Crippen LogP) is 5.86. The molecule has 21 heavy (non-hydrogen) atoms. The highest BCUT2D eigenvalue weighted by atomic mass is 16.3. The van der Waals surface area contributed by atoms with Crippen LogP contribution in [0.2, 0.25) is 0 Å². The summed E-state index contributed by atoms with van der Waals surface area (Å²) in [5.74, 6) is 0. The topological polar surface area (TPSA) is 32.6 Å². The smallest absolute Gasteiger partial charge is 0.0693 e. The first-order chi connectivity index (χ1) is 10.3. The molecule has 1 N–H and O–H groups in total. The second-order valence-corrected chi connectivity index (χ2v) is 3.37. The molecule has 1 aliphatic carbocycles. The Morgan fingerprint density at radius 2 is 1.76 bits per heavy atom. The third-order valence-electron chi connectivity index (χ3n) is 2.27. The van der Waals surface area contributed by atoms with Crippen LogP contribution >= 0.6 is 0 Å². The van der Waals surface area contributed by atoms with Crippen LogP contribution < -0.4 is 0 Å². The van der Waals surface area contributed by atoms with Crippen molar-refractivity contribution in [3.63, 3.8) is 0 Å². The number of nitrogens with zero attached hydrogens (tertiary/aromatic N) is 1. The first-order valence-electron chi connectivity index (χ1n) is 8.14. The van der Waals surface area contributed by atoms with Gasteiger partial charge in [-0.3, -0.25) is 4.99 Å². The van der Waals surface area contributed by atoms with Crippen LogP contribution in [0.4, 0.5) is 0 Å². The van der Waals surface area contributed by atoms with E-state index in [1.54, 1.807) is 6.21 Å². The summed E-state index contributed by atoms with van der Waals surface area (Å²) < 4.78 is 0. The molecule has 0 saturated heterocycles. The van der Waals surface area contributed by atoms with Crippen LogP contribution in [0.1, 0.15) is 61.3 Å². The van der Waals surface area contributed by atoms with Crippen molar-refractivity contribution in [3.05, 3.63) is 47.7 Å². The number of rotatable bonds is 4. The van der Waals surface area contributed by atoms with Crippen LogP contribution in [0.25, 0.3) is 0 Å². The largest absolute Gasteiger partial charge is 0.392 e. The van der Waals surface area contributed by atoms with E-state index in [0.29, 0.717) is 0 Å². The summed E-state index contributed by atoms with van der Waals surface area (Å²) in [7, 11) is 0. The van der Waals surface area contributed by atoms with Crippen molar-refractivity contribution in [2.24, 2.45) is 4.99 Å². The van der Waals surface area contributed by atoms with Crippen LogP contribution in [0.5, 0.6) is 0 Å². The van der Waals surface area contributed by atoms with Crippen molar-refractivity contribution < 1.29 is 5.11 Å². The second kappa shape index (κ2) is 20.9. The zero-order valence-corrected chi connectivity index (χ0v) is 15.1. The summed E-state index contributed by atoms with van der Waals surface area (Å²) in [6.07, 6.45) is 11.9. The summed E-state index contributed by atoms with van der Waals surface area (Å²) in [5.41, 5.74) is 2.63. The molecule has 122 valence electrons. The van der Waals surface area contributed by atoms with E-state index in [0.717, 1.165) is 29.7 Å². The quantitative estimate of drug-likeness (QED) is 0.646. The Labute approximate surface area is 132 Å². The molecular formula is C19H35NO. The van der Waals surface area contributed by atoms with Crippen molar-refractivity contribution in [3.8, 4) is 0 Å². The average molecular weight is 293 g/mol. The number of aliphatic imine (C=N–C) groups is 1. The fraction of sp³-hybridized carbons (Fsp3) is 0.526. The monoisotopic (exact) mass is 293 g/mol. The third kappa shape index (κ3) is 13.3. The maximum absolute atomic E-state index is 8.93. The van der Waals surface area contributed by atoms with Gasteiger partial charge in [-0.05, 0) is 30.9 Å². The van der Waals surface area contributed by atoms with Gasteiger partial charge in [0.1, 0.15) is 0 Å². The predicted molar refractivity (Wildman–Crippen MR) is 99.0 cm³/mol. The number of aliphatic hydroxyl groups excluding tert-OH is 1. The van der Waals surface area contributed by atoms with Crippen LogP contribution in [0.15, 0.2) is 52.7 Å². The minimum absolute atomic E-state index is 0.0160. The van der Waals surface area contributed by atoms with E-state index in [2.05, 4.69) is 23.7 Å². The minimum atomic E-state index is 0.0160. The van der Waals surface area contributed by atoms with Crippen LogP contribution in [-0.2, 0) is 0 Å². The molecule has 1 rings (SSSR count). The van der Waals surface area contributed by atoms with E-state index in [4.69, 9.17) is 5.11 Å². The lowest BCUT2D eigenvalue weighted by molar-refractivity contribution is 0.337. The SMILES string of the molecule is C=C(N=C/C(=C\C)CO)C1=CCCC=C1.CC.CC.CC. The molecular weight excluding hydrogens is 258 g/mol. The van der Waals surface area contributed by atoms with Crippen molar-refractivity contribution in [2.75, 3.05) is 6.61 Å². The number of aliphatic hydroxyl groups is 1.